The lowest BCUT2D eigenvalue weighted by Crippen LogP contribution is -2.17. The Labute approximate surface area is 264 Å². The average Bonchev–Trinajstić information content (AvgIpc) is 3.44. The summed E-state index contributed by atoms with van der Waals surface area (Å²) < 4.78 is 0. The second kappa shape index (κ2) is 10.6. The lowest BCUT2D eigenvalue weighted by molar-refractivity contribution is 1.11. The van der Waals surface area contributed by atoms with Gasteiger partial charge in [0, 0.05) is 41.3 Å². The van der Waals surface area contributed by atoms with E-state index in [4.69, 9.17) is 29.9 Å². The molecule has 8 aromatic rings. The van der Waals surface area contributed by atoms with E-state index in [1.165, 1.54) is 0 Å². The number of hydrogen-bond acceptors (Lipinski definition) is 8. The average molecular weight is 593 g/mol. The minimum absolute atomic E-state index is 0.703. The maximum absolute atomic E-state index is 5.47. The van der Waals surface area contributed by atoms with Gasteiger partial charge in [0.15, 0.2) is 0 Å². The highest BCUT2D eigenvalue weighted by atomic mass is 15.3. The molecule has 8 heteroatoms. The molecule has 0 saturated heterocycles. The molecule has 0 N–H and O–H groups in total. The minimum Gasteiger partial charge on any atom is -0.277 e. The van der Waals surface area contributed by atoms with Gasteiger partial charge in [-0.15, -0.1) is 0 Å². The maximum Gasteiger partial charge on any atom is 0.138 e. The van der Waals surface area contributed by atoms with Crippen LogP contribution in [0.4, 0.5) is 34.6 Å². The third-order valence-corrected chi connectivity index (χ3v) is 8.19. The Morgan fingerprint density at radius 2 is 0.761 bits per heavy atom. The molecule has 0 saturated carbocycles. The van der Waals surface area contributed by atoms with Crippen molar-refractivity contribution in [2.75, 3.05) is 9.80 Å². The lowest BCUT2D eigenvalue weighted by atomic mass is 10.0. The van der Waals surface area contributed by atoms with Gasteiger partial charge in [-0.1, -0.05) is 60.7 Å². The van der Waals surface area contributed by atoms with Gasteiger partial charge in [-0.05, 0) is 66.0 Å². The predicted molar refractivity (Wildman–Crippen MR) is 182 cm³/mol. The van der Waals surface area contributed by atoms with Gasteiger partial charge in [-0.2, -0.15) is 0 Å². The fraction of sp³-hybridized carbons (Fsp3) is 0. The van der Waals surface area contributed by atoms with Crippen LogP contribution >= 0.6 is 0 Å². The SMILES string of the molecule is c1ccc(N(c2ccccn2)c2ccc(N(c3ccccn3)c3ccccn3)c3nc4c(nc23)-c2cccc3cccc-4c23)nc1. The van der Waals surface area contributed by atoms with Crippen LogP contribution in [0.5, 0.6) is 0 Å². The molecule has 0 bridgehead atoms. The molecule has 216 valence electrons. The number of pyridine rings is 4. The monoisotopic (exact) mass is 592 g/mol. The summed E-state index contributed by atoms with van der Waals surface area (Å²) in [5.41, 5.74) is 6.85. The van der Waals surface area contributed by atoms with Gasteiger partial charge in [-0.3, -0.25) is 9.80 Å². The van der Waals surface area contributed by atoms with Crippen LogP contribution in [0.15, 0.2) is 146 Å². The molecule has 0 amide bonds. The highest BCUT2D eigenvalue weighted by Crippen LogP contribution is 2.49. The van der Waals surface area contributed by atoms with Crippen molar-refractivity contribution in [3.63, 3.8) is 0 Å². The van der Waals surface area contributed by atoms with E-state index in [-0.39, 0.29) is 0 Å². The highest BCUT2D eigenvalue weighted by Gasteiger charge is 2.29. The molecule has 0 unspecified atom stereocenters. The van der Waals surface area contributed by atoms with E-state index in [0.717, 1.165) is 44.7 Å². The first kappa shape index (κ1) is 25.9. The largest absolute Gasteiger partial charge is 0.277 e. The number of fused-ring (bicyclic) bond motifs is 4. The summed E-state index contributed by atoms with van der Waals surface area (Å²) in [6.07, 6.45) is 7.14. The normalized spacial score (nSPS) is 11.5. The summed E-state index contributed by atoms with van der Waals surface area (Å²) >= 11 is 0. The summed E-state index contributed by atoms with van der Waals surface area (Å²) in [4.78, 5) is 33.9. The van der Waals surface area contributed by atoms with Gasteiger partial charge in [0.25, 0.3) is 0 Å². The van der Waals surface area contributed by atoms with E-state index in [1.807, 2.05) is 82.6 Å². The van der Waals surface area contributed by atoms with Crippen LogP contribution in [-0.2, 0) is 0 Å². The number of nitrogens with zero attached hydrogens (tertiary/aromatic N) is 8. The molecule has 0 spiro atoms. The van der Waals surface area contributed by atoms with Crippen molar-refractivity contribution in [1.29, 1.82) is 0 Å². The molecule has 5 aromatic heterocycles. The van der Waals surface area contributed by atoms with Crippen LogP contribution < -0.4 is 9.80 Å². The minimum atomic E-state index is 0.703. The summed E-state index contributed by atoms with van der Waals surface area (Å²) in [5.74, 6) is 2.87. The molecule has 0 atom stereocenters. The topological polar surface area (TPSA) is 83.8 Å². The predicted octanol–water partition coefficient (Wildman–Crippen LogP) is 8.95. The molecule has 9 rings (SSSR count). The third kappa shape index (κ3) is 4.08. The summed E-state index contributed by atoms with van der Waals surface area (Å²) in [6, 6.07) is 40.2. The van der Waals surface area contributed by atoms with Crippen LogP contribution in [0.3, 0.4) is 0 Å². The molecule has 0 radical (unpaired) electrons. The number of rotatable bonds is 6. The zero-order chi connectivity index (χ0) is 30.5. The van der Waals surface area contributed by atoms with Gasteiger partial charge in [0.1, 0.15) is 34.3 Å². The quantitative estimate of drug-likeness (QED) is 0.189. The van der Waals surface area contributed by atoms with Crippen molar-refractivity contribution in [3.05, 3.63) is 146 Å². The highest BCUT2D eigenvalue weighted by molar-refractivity contribution is 6.15. The van der Waals surface area contributed by atoms with Gasteiger partial charge in [0.05, 0.1) is 22.8 Å². The van der Waals surface area contributed by atoms with Crippen LogP contribution in [0.25, 0.3) is 44.3 Å². The van der Waals surface area contributed by atoms with E-state index >= 15 is 0 Å². The van der Waals surface area contributed by atoms with Crippen molar-refractivity contribution in [1.82, 2.24) is 29.9 Å². The summed E-state index contributed by atoms with van der Waals surface area (Å²) in [6.45, 7) is 0. The van der Waals surface area contributed by atoms with E-state index < -0.39 is 0 Å². The van der Waals surface area contributed by atoms with Gasteiger partial charge < -0.3 is 0 Å². The molecule has 0 fully saturated rings. The van der Waals surface area contributed by atoms with Crippen molar-refractivity contribution < 1.29 is 0 Å². The molecule has 0 aliphatic heterocycles. The Hall–Kier alpha value is -6.54. The Bertz CT molecular complexity index is 2120. The Balaban J connectivity index is 1.39. The van der Waals surface area contributed by atoms with Gasteiger partial charge in [-0.25, -0.2) is 29.9 Å². The zero-order valence-electron chi connectivity index (χ0n) is 24.4. The van der Waals surface area contributed by atoms with E-state index in [2.05, 4.69) is 48.5 Å². The maximum atomic E-state index is 5.47. The Morgan fingerprint density at radius 3 is 1.11 bits per heavy atom. The second-order valence-corrected chi connectivity index (χ2v) is 10.9. The Kier molecular flexibility index (Phi) is 5.95. The Morgan fingerprint density at radius 1 is 0.370 bits per heavy atom. The third-order valence-electron chi connectivity index (χ3n) is 8.19. The van der Waals surface area contributed by atoms with Crippen molar-refractivity contribution in [2.24, 2.45) is 0 Å². The summed E-state index contributed by atoms with van der Waals surface area (Å²) in [5, 5.41) is 2.32. The van der Waals surface area contributed by atoms with Gasteiger partial charge >= 0.3 is 0 Å². The molecular weight excluding hydrogens is 568 g/mol. The second-order valence-electron chi connectivity index (χ2n) is 10.9. The van der Waals surface area contributed by atoms with Crippen LogP contribution in [0.2, 0.25) is 0 Å². The van der Waals surface area contributed by atoms with E-state index in [9.17, 15) is 0 Å². The molecule has 1 aliphatic carbocycles. The zero-order valence-corrected chi connectivity index (χ0v) is 24.4. The molecule has 5 heterocycles. The van der Waals surface area contributed by atoms with Crippen LogP contribution in [-0.4, -0.2) is 29.9 Å². The van der Waals surface area contributed by atoms with E-state index in [1.54, 1.807) is 24.8 Å². The first-order valence-electron chi connectivity index (χ1n) is 15.0. The smallest absolute Gasteiger partial charge is 0.138 e. The number of hydrogen-bond donors (Lipinski definition) is 0. The fourth-order valence-corrected chi connectivity index (χ4v) is 6.25. The fourth-order valence-electron chi connectivity index (χ4n) is 6.25. The standard InChI is InChI=1S/C38H24N8/c1-5-21-39-30(15-1)45(31-16-2-6-22-40-31)28-19-20-29(46(32-17-3-7-23-41-32)33-18-4-8-24-42-33)38-37(28)43-35-26-13-9-11-25-12-10-14-27(34(25)26)36(35)44-38/h1-24H. The number of benzene rings is 3. The van der Waals surface area contributed by atoms with Crippen molar-refractivity contribution >= 4 is 56.5 Å². The molecule has 3 aromatic carbocycles. The first-order valence-corrected chi connectivity index (χ1v) is 15.0. The van der Waals surface area contributed by atoms with Crippen molar-refractivity contribution in [3.8, 4) is 22.5 Å². The first-order chi connectivity index (χ1) is 22.8. The summed E-state index contributed by atoms with van der Waals surface area (Å²) in [7, 11) is 0. The number of anilines is 6. The van der Waals surface area contributed by atoms with Crippen LogP contribution in [0, 0.1) is 0 Å². The lowest BCUT2D eigenvalue weighted by Gasteiger charge is -2.27. The molecule has 1 aliphatic rings. The number of aromatic nitrogens is 6. The van der Waals surface area contributed by atoms with Crippen LogP contribution in [0.1, 0.15) is 0 Å². The molecule has 8 nitrogen and oxygen atoms in total. The molecular formula is C38H24N8. The van der Waals surface area contributed by atoms with Gasteiger partial charge in [0.2, 0.25) is 0 Å². The van der Waals surface area contributed by atoms with E-state index in [0.29, 0.717) is 34.3 Å². The van der Waals surface area contributed by atoms with Crippen molar-refractivity contribution in [2.45, 2.75) is 0 Å². The molecule has 46 heavy (non-hydrogen) atoms.